The zero-order valence-corrected chi connectivity index (χ0v) is 17.7. The van der Waals surface area contributed by atoms with Crippen molar-refractivity contribution in [1.29, 1.82) is 0 Å². The minimum atomic E-state index is 0.238. The second kappa shape index (κ2) is 11.6. The summed E-state index contributed by atoms with van der Waals surface area (Å²) in [6.07, 6.45) is 24.3. The molecule has 0 saturated heterocycles. The minimum absolute atomic E-state index is 0.238. The monoisotopic (exact) mass is 350 g/mol. The van der Waals surface area contributed by atoms with Crippen molar-refractivity contribution in [2.75, 3.05) is 7.11 Å². The van der Waals surface area contributed by atoms with Crippen LogP contribution in [0.2, 0.25) is 0 Å². The van der Waals surface area contributed by atoms with Crippen LogP contribution in [0.4, 0.5) is 0 Å². The number of rotatable bonds is 11. The Balaban J connectivity index is 1.63. The van der Waals surface area contributed by atoms with Crippen LogP contribution < -0.4 is 0 Å². The van der Waals surface area contributed by atoms with Crippen molar-refractivity contribution >= 4 is 0 Å². The Hall–Kier alpha value is -0.0400. The van der Waals surface area contributed by atoms with Gasteiger partial charge in [-0.15, -0.1) is 0 Å². The Morgan fingerprint density at radius 3 is 1.92 bits per heavy atom. The Morgan fingerprint density at radius 1 is 0.720 bits per heavy atom. The van der Waals surface area contributed by atoms with Gasteiger partial charge in [-0.25, -0.2) is 0 Å². The Morgan fingerprint density at radius 2 is 1.32 bits per heavy atom. The Kier molecular flexibility index (Phi) is 9.89. The minimum Gasteiger partial charge on any atom is -0.378 e. The van der Waals surface area contributed by atoms with Crippen molar-refractivity contribution in [3.8, 4) is 0 Å². The van der Waals surface area contributed by atoms with E-state index in [1.54, 1.807) is 0 Å². The van der Waals surface area contributed by atoms with Gasteiger partial charge in [0.25, 0.3) is 0 Å². The van der Waals surface area contributed by atoms with Gasteiger partial charge < -0.3 is 4.74 Å². The summed E-state index contributed by atoms with van der Waals surface area (Å²) in [7, 11) is 1.96. The lowest BCUT2D eigenvalue weighted by molar-refractivity contribution is -0.0637. The molecule has 0 bridgehead atoms. The molecular formula is C24H46O. The second-order valence-electron chi connectivity index (χ2n) is 9.31. The maximum Gasteiger partial charge on any atom is 0.0679 e. The zero-order valence-electron chi connectivity index (χ0n) is 17.7. The number of unbranched alkanes of at least 4 members (excludes halogenated alkanes) is 5. The molecule has 0 radical (unpaired) electrons. The van der Waals surface area contributed by atoms with E-state index in [9.17, 15) is 0 Å². The van der Waals surface area contributed by atoms with Crippen LogP contribution in [0, 0.1) is 17.8 Å². The molecule has 25 heavy (non-hydrogen) atoms. The van der Waals surface area contributed by atoms with Crippen molar-refractivity contribution in [2.24, 2.45) is 17.8 Å². The maximum atomic E-state index is 6.01. The third-order valence-corrected chi connectivity index (χ3v) is 7.63. The van der Waals surface area contributed by atoms with Crippen molar-refractivity contribution in [3.63, 3.8) is 0 Å². The van der Waals surface area contributed by atoms with Gasteiger partial charge in [0.1, 0.15) is 0 Å². The lowest BCUT2D eigenvalue weighted by Gasteiger charge is -2.43. The highest BCUT2D eigenvalue weighted by atomic mass is 16.5. The smallest absolute Gasteiger partial charge is 0.0679 e. The first-order valence-corrected chi connectivity index (χ1v) is 11.8. The van der Waals surface area contributed by atoms with Crippen LogP contribution in [-0.2, 0) is 4.74 Å². The quantitative estimate of drug-likeness (QED) is 0.344. The normalized spacial score (nSPS) is 33.5. The molecule has 1 heteroatoms. The molecular weight excluding hydrogens is 304 g/mol. The van der Waals surface area contributed by atoms with Crippen molar-refractivity contribution in [2.45, 2.75) is 129 Å². The molecule has 0 heterocycles. The topological polar surface area (TPSA) is 9.23 Å². The van der Waals surface area contributed by atoms with E-state index < -0.39 is 0 Å². The molecule has 0 unspecified atom stereocenters. The van der Waals surface area contributed by atoms with Gasteiger partial charge in [-0.1, -0.05) is 78.1 Å². The SMILES string of the molecule is CCCCCCCC1CCC(C2CCC(CCCC)(OC)CC2)CC1. The van der Waals surface area contributed by atoms with E-state index in [0.29, 0.717) is 0 Å². The lowest BCUT2D eigenvalue weighted by atomic mass is 9.67. The van der Waals surface area contributed by atoms with Gasteiger partial charge in [-0.2, -0.15) is 0 Å². The third kappa shape index (κ3) is 6.89. The summed E-state index contributed by atoms with van der Waals surface area (Å²) >= 11 is 0. The predicted octanol–water partition coefficient (Wildman–Crippen LogP) is 7.92. The molecule has 0 aromatic carbocycles. The Bertz CT molecular complexity index is 321. The highest BCUT2D eigenvalue weighted by Gasteiger charge is 2.38. The summed E-state index contributed by atoms with van der Waals surface area (Å²) in [4.78, 5) is 0. The molecule has 2 fully saturated rings. The summed E-state index contributed by atoms with van der Waals surface area (Å²) in [5.74, 6) is 3.11. The molecule has 2 aliphatic rings. The molecule has 0 spiro atoms. The molecule has 0 aliphatic heterocycles. The third-order valence-electron chi connectivity index (χ3n) is 7.63. The van der Waals surface area contributed by atoms with Gasteiger partial charge in [0, 0.05) is 7.11 Å². The largest absolute Gasteiger partial charge is 0.378 e. The van der Waals surface area contributed by atoms with Gasteiger partial charge >= 0.3 is 0 Å². The van der Waals surface area contributed by atoms with E-state index >= 15 is 0 Å². The second-order valence-corrected chi connectivity index (χ2v) is 9.31. The van der Waals surface area contributed by atoms with E-state index in [1.165, 1.54) is 109 Å². The van der Waals surface area contributed by atoms with Crippen LogP contribution in [0.1, 0.15) is 123 Å². The van der Waals surface area contributed by atoms with E-state index in [1.807, 2.05) is 7.11 Å². The lowest BCUT2D eigenvalue weighted by Crippen LogP contribution is -2.38. The molecule has 148 valence electrons. The van der Waals surface area contributed by atoms with Crippen molar-refractivity contribution in [1.82, 2.24) is 0 Å². The van der Waals surface area contributed by atoms with Gasteiger partial charge in [0.15, 0.2) is 0 Å². The van der Waals surface area contributed by atoms with Crippen LogP contribution in [0.15, 0.2) is 0 Å². The first kappa shape index (κ1) is 21.3. The molecule has 1 nitrogen and oxygen atoms in total. The summed E-state index contributed by atoms with van der Waals surface area (Å²) in [5, 5.41) is 0. The fourth-order valence-corrected chi connectivity index (χ4v) is 5.68. The standard InChI is InChI=1S/C24H46O/c1-4-6-8-9-10-11-21-12-14-22(15-13-21)23-16-19-24(25-3,20-17-23)18-7-5-2/h21-23H,4-20H2,1-3H3. The van der Waals surface area contributed by atoms with Crippen LogP contribution in [0.5, 0.6) is 0 Å². The van der Waals surface area contributed by atoms with Crippen molar-refractivity contribution < 1.29 is 4.74 Å². The first-order valence-electron chi connectivity index (χ1n) is 11.8. The summed E-state index contributed by atoms with van der Waals surface area (Å²) in [6, 6.07) is 0. The molecule has 0 atom stereocenters. The molecule has 0 N–H and O–H groups in total. The van der Waals surface area contributed by atoms with Gasteiger partial charge in [0.05, 0.1) is 5.60 Å². The first-order chi connectivity index (χ1) is 12.2. The highest BCUT2D eigenvalue weighted by Crippen LogP contribution is 2.45. The van der Waals surface area contributed by atoms with Crippen LogP contribution in [0.25, 0.3) is 0 Å². The average Bonchev–Trinajstić information content (AvgIpc) is 2.67. The number of ether oxygens (including phenoxy) is 1. The van der Waals surface area contributed by atoms with Crippen molar-refractivity contribution in [3.05, 3.63) is 0 Å². The fraction of sp³-hybridized carbons (Fsp3) is 1.00. The van der Waals surface area contributed by atoms with Gasteiger partial charge in [0.2, 0.25) is 0 Å². The molecule has 2 rings (SSSR count). The van der Waals surface area contributed by atoms with E-state index in [0.717, 1.165) is 17.8 Å². The molecule has 2 saturated carbocycles. The van der Waals surface area contributed by atoms with Crippen LogP contribution in [-0.4, -0.2) is 12.7 Å². The fourth-order valence-electron chi connectivity index (χ4n) is 5.68. The summed E-state index contributed by atoms with van der Waals surface area (Å²) < 4.78 is 6.01. The zero-order chi connectivity index (χ0) is 18.0. The summed E-state index contributed by atoms with van der Waals surface area (Å²) in [6.45, 7) is 4.62. The number of methoxy groups -OCH3 is 1. The maximum absolute atomic E-state index is 6.01. The highest BCUT2D eigenvalue weighted by molar-refractivity contribution is 4.90. The number of hydrogen-bond acceptors (Lipinski definition) is 1. The molecule has 0 aromatic rings. The van der Waals surface area contributed by atoms with Crippen LogP contribution in [0.3, 0.4) is 0 Å². The Labute approximate surface area is 158 Å². The molecule has 0 amide bonds. The molecule has 0 aromatic heterocycles. The van der Waals surface area contributed by atoms with Gasteiger partial charge in [-0.05, 0) is 62.7 Å². The van der Waals surface area contributed by atoms with Crippen LogP contribution >= 0.6 is 0 Å². The van der Waals surface area contributed by atoms with E-state index in [2.05, 4.69) is 13.8 Å². The number of hydrogen-bond donors (Lipinski definition) is 0. The van der Waals surface area contributed by atoms with E-state index in [4.69, 9.17) is 4.74 Å². The predicted molar refractivity (Wildman–Crippen MR) is 110 cm³/mol. The van der Waals surface area contributed by atoms with E-state index in [-0.39, 0.29) is 5.60 Å². The summed E-state index contributed by atoms with van der Waals surface area (Å²) in [5.41, 5.74) is 0.238. The molecule has 2 aliphatic carbocycles. The van der Waals surface area contributed by atoms with Gasteiger partial charge in [-0.3, -0.25) is 0 Å². The average molecular weight is 351 g/mol.